The third-order valence-electron chi connectivity index (χ3n) is 3.55. The van der Waals surface area contributed by atoms with Gasteiger partial charge < -0.3 is 4.74 Å². The lowest BCUT2D eigenvalue weighted by Gasteiger charge is -2.27. The lowest BCUT2D eigenvalue weighted by atomic mass is 9.89. The molecule has 2 fully saturated rings. The number of ketones is 1. The van der Waals surface area contributed by atoms with E-state index in [2.05, 4.69) is 0 Å². The predicted octanol–water partition coefficient (Wildman–Crippen LogP) is 2.65. The molecule has 0 amide bonds. The molecule has 0 aliphatic carbocycles. The number of halogens is 1. The van der Waals surface area contributed by atoms with E-state index in [0.717, 1.165) is 25.7 Å². The third kappa shape index (κ3) is 2.77. The number of rotatable bonds is 5. The minimum atomic E-state index is -0.299. The van der Waals surface area contributed by atoms with E-state index in [-0.39, 0.29) is 12.6 Å². The van der Waals surface area contributed by atoms with Gasteiger partial charge in [0.25, 0.3) is 0 Å². The van der Waals surface area contributed by atoms with Gasteiger partial charge >= 0.3 is 0 Å². The summed E-state index contributed by atoms with van der Waals surface area (Å²) in [6, 6.07) is 0. The van der Waals surface area contributed by atoms with Crippen LogP contribution in [0.4, 0.5) is 4.39 Å². The van der Waals surface area contributed by atoms with Crippen molar-refractivity contribution in [1.29, 1.82) is 0 Å². The number of hydrogen-bond acceptors (Lipinski definition) is 2. The van der Waals surface area contributed by atoms with Gasteiger partial charge in [-0.2, -0.15) is 0 Å². The zero-order valence-electron chi connectivity index (χ0n) is 9.08. The van der Waals surface area contributed by atoms with Crippen LogP contribution in [0.3, 0.4) is 0 Å². The molecule has 2 unspecified atom stereocenters. The molecule has 0 aromatic heterocycles. The van der Waals surface area contributed by atoms with Gasteiger partial charge in [-0.1, -0.05) is 0 Å². The minimum absolute atomic E-state index is 0.205. The highest BCUT2D eigenvalue weighted by Gasteiger charge is 2.37. The summed E-state index contributed by atoms with van der Waals surface area (Å²) < 4.78 is 17.6. The number of unbranched alkanes of at least 4 members (excludes halogenated alkanes) is 1. The maximum Gasteiger partial charge on any atom is 0.136 e. The van der Waals surface area contributed by atoms with Crippen molar-refractivity contribution in [2.24, 2.45) is 5.92 Å². The Bertz CT molecular complexity index is 218. The maximum atomic E-state index is 11.9. The van der Waals surface area contributed by atoms with Crippen molar-refractivity contribution in [2.75, 3.05) is 6.67 Å². The average Bonchev–Trinajstić information content (AvgIpc) is 2.58. The molecule has 0 radical (unpaired) electrons. The predicted molar refractivity (Wildman–Crippen MR) is 55.5 cm³/mol. The highest BCUT2D eigenvalue weighted by molar-refractivity contribution is 5.81. The van der Waals surface area contributed by atoms with Crippen LogP contribution in [0, 0.1) is 5.92 Å². The molecule has 3 heteroatoms. The molecule has 0 aromatic carbocycles. The van der Waals surface area contributed by atoms with E-state index < -0.39 is 0 Å². The largest absolute Gasteiger partial charge is 0.375 e. The molecule has 86 valence electrons. The highest BCUT2D eigenvalue weighted by atomic mass is 19.1. The molecule has 2 aliphatic rings. The molecule has 2 bridgehead atoms. The molecule has 0 spiro atoms. The van der Waals surface area contributed by atoms with Crippen LogP contribution in [0.15, 0.2) is 0 Å². The molecule has 2 nitrogen and oxygen atoms in total. The van der Waals surface area contributed by atoms with Gasteiger partial charge in [0.1, 0.15) is 5.78 Å². The Kier molecular flexibility index (Phi) is 3.73. The number of fused-ring (bicyclic) bond motifs is 2. The molecule has 0 saturated carbocycles. The van der Waals surface area contributed by atoms with Gasteiger partial charge in [0.05, 0.1) is 18.9 Å². The SMILES string of the molecule is O=C(CCCCF)C1CC2CCC(C1)O2. The number of carbonyl (C=O) groups is 1. The summed E-state index contributed by atoms with van der Waals surface area (Å²) in [6.45, 7) is -0.299. The summed E-state index contributed by atoms with van der Waals surface area (Å²) >= 11 is 0. The molecule has 2 rings (SSSR count). The topological polar surface area (TPSA) is 26.3 Å². The second kappa shape index (κ2) is 5.06. The lowest BCUT2D eigenvalue weighted by molar-refractivity contribution is -0.128. The zero-order valence-corrected chi connectivity index (χ0v) is 9.08. The average molecular weight is 214 g/mol. The van der Waals surface area contributed by atoms with Crippen LogP contribution >= 0.6 is 0 Å². The maximum absolute atomic E-state index is 11.9. The van der Waals surface area contributed by atoms with Crippen LogP contribution in [0.5, 0.6) is 0 Å². The first-order chi connectivity index (χ1) is 7.29. The van der Waals surface area contributed by atoms with Crippen LogP contribution in [0.1, 0.15) is 44.9 Å². The fourth-order valence-electron chi connectivity index (χ4n) is 2.72. The van der Waals surface area contributed by atoms with Crippen molar-refractivity contribution < 1.29 is 13.9 Å². The van der Waals surface area contributed by atoms with E-state index in [0.29, 0.717) is 37.3 Å². The summed E-state index contributed by atoms with van der Waals surface area (Å²) in [5.41, 5.74) is 0. The third-order valence-corrected chi connectivity index (χ3v) is 3.55. The van der Waals surface area contributed by atoms with Crippen molar-refractivity contribution in [3.63, 3.8) is 0 Å². The van der Waals surface area contributed by atoms with Gasteiger partial charge in [0, 0.05) is 12.3 Å². The zero-order chi connectivity index (χ0) is 10.7. The van der Waals surface area contributed by atoms with Crippen LogP contribution < -0.4 is 0 Å². The summed E-state index contributed by atoms with van der Waals surface area (Å²) in [5, 5.41) is 0. The summed E-state index contributed by atoms with van der Waals surface area (Å²) in [5.74, 6) is 0.541. The summed E-state index contributed by atoms with van der Waals surface area (Å²) in [7, 11) is 0. The van der Waals surface area contributed by atoms with E-state index in [9.17, 15) is 9.18 Å². The monoisotopic (exact) mass is 214 g/mol. The Morgan fingerprint density at radius 3 is 2.47 bits per heavy atom. The first kappa shape index (κ1) is 11.1. The van der Waals surface area contributed by atoms with Gasteiger partial charge in [-0.05, 0) is 38.5 Å². The van der Waals surface area contributed by atoms with E-state index in [1.807, 2.05) is 0 Å². The fraction of sp³-hybridized carbons (Fsp3) is 0.917. The fourth-order valence-corrected chi connectivity index (χ4v) is 2.72. The Labute approximate surface area is 90.2 Å². The van der Waals surface area contributed by atoms with Crippen molar-refractivity contribution in [2.45, 2.75) is 57.2 Å². The molecular weight excluding hydrogens is 195 g/mol. The molecule has 2 saturated heterocycles. The van der Waals surface area contributed by atoms with Gasteiger partial charge in [-0.15, -0.1) is 0 Å². The molecule has 0 aromatic rings. The van der Waals surface area contributed by atoms with Gasteiger partial charge in [0.2, 0.25) is 0 Å². The first-order valence-electron chi connectivity index (χ1n) is 6.03. The van der Waals surface area contributed by atoms with E-state index >= 15 is 0 Å². The summed E-state index contributed by atoms with van der Waals surface area (Å²) in [6.07, 6.45) is 6.53. The Balaban J connectivity index is 1.76. The lowest BCUT2D eigenvalue weighted by Crippen LogP contribution is -2.29. The van der Waals surface area contributed by atoms with E-state index in [1.165, 1.54) is 0 Å². The molecule has 2 aliphatic heterocycles. The Morgan fingerprint density at radius 2 is 1.87 bits per heavy atom. The number of ether oxygens (including phenoxy) is 1. The minimum Gasteiger partial charge on any atom is -0.375 e. The standard InChI is InChI=1S/C12H19FO2/c13-6-2-1-3-12(14)9-7-10-4-5-11(8-9)15-10/h9-11H,1-8H2. The number of Topliss-reactive ketones (excluding diaryl/α,β-unsaturated/α-hetero) is 1. The molecule has 2 atom stereocenters. The highest BCUT2D eigenvalue weighted by Crippen LogP contribution is 2.36. The number of alkyl halides is 1. The molecule has 0 N–H and O–H groups in total. The van der Waals surface area contributed by atoms with Gasteiger partial charge in [0.15, 0.2) is 0 Å². The second-order valence-electron chi connectivity index (χ2n) is 4.74. The first-order valence-corrected chi connectivity index (χ1v) is 6.03. The Hall–Kier alpha value is -0.440. The van der Waals surface area contributed by atoms with E-state index in [1.54, 1.807) is 0 Å². The number of hydrogen-bond donors (Lipinski definition) is 0. The molecule has 15 heavy (non-hydrogen) atoms. The van der Waals surface area contributed by atoms with Crippen LogP contribution in [0.2, 0.25) is 0 Å². The van der Waals surface area contributed by atoms with Crippen molar-refractivity contribution in [3.05, 3.63) is 0 Å². The van der Waals surface area contributed by atoms with Crippen LogP contribution in [-0.4, -0.2) is 24.7 Å². The van der Waals surface area contributed by atoms with E-state index in [4.69, 9.17) is 4.74 Å². The number of carbonyl (C=O) groups excluding carboxylic acids is 1. The molecular formula is C12H19FO2. The van der Waals surface area contributed by atoms with Crippen molar-refractivity contribution in [1.82, 2.24) is 0 Å². The van der Waals surface area contributed by atoms with Crippen molar-refractivity contribution >= 4 is 5.78 Å². The van der Waals surface area contributed by atoms with Crippen LogP contribution in [-0.2, 0) is 9.53 Å². The molecule has 2 heterocycles. The van der Waals surface area contributed by atoms with Gasteiger partial charge in [-0.25, -0.2) is 0 Å². The quantitative estimate of drug-likeness (QED) is 0.658. The Morgan fingerprint density at radius 1 is 1.20 bits per heavy atom. The smallest absolute Gasteiger partial charge is 0.136 e. The second-order valence-corrected chi connectivity index (χ2v) is 4.74. The van der Waals surface area contributed by atoms with Gasteiger partial charge in [-0.3, -0.25) is 9.18 Å². The van der Waals surface area contributed by atoms with Crippen molar-refractivity contribution in [3.8, 4) is 0 Å². The summed E-state index contributed by atoms with van der Waals surface area (Å²) in [4.78, 5) is 11.8. The normalized spacial score (nSPS) is 34.3. The van der Waals surface area contributed by atoms with Crippen LogP contribution in [0.25, 0.3) is 0 Å².